The lowest BCUT2D eigenvalue weighted by Crippen LogP contribution is -2.22. The molecule has 1 saturated heterocycles. The van der Waals surface area contributed by atoms with Crippen molar-refractivity contribution >= 4 is 5.82 Å². The molecule has 1 N–H and O–H groups in total. The summed E-state index contributed by atoms with van der Waals surface area (Å²) in [4.78, 5) is 7.11. The number of aromatic nitrogens is 1. The van der Waals surface area contributed by atoms with Crippen LogP contribution in [0.15, 0.2) is 18.3 Å². The molecule has 2 heterocycles. The Morgan fingerprint density at radius 3 is 2.85 bits per heavy atom. The topological polar surface area (TPSA) is 28.2 Å². The standard InChI is InChI=1S/C17H29N3/c1-4-6-15-9-11-20(13-15)17-8-7-16(12-19-17)14(3)18-10-5-2/h7-8,12,14-15,18H,4-6,9-11,13H2,1-3H3. The second-order valence-electron chi connectivity index (χ2n) is 6.01. The van der Waals surface area contributed by atoms with Gasteiger partial charge in [0.15, 0.2) is 0 Å². The van der Waals surface area contributed by atoms with Crippen LogP contribution in [0.25, 0.3) is 0 Å². The molecule has 3 nitrogen and oxygen atoms in total. The van der Waals surface area contributed by atoms with Crippen LogP contribution in [0.4, 0.5) is 5.82 Å². The van der Waals surface area contributed by atoms with Crippen LogP contribution < -0.4 is 10.2 Å². The first-order valence-corrected chi connectivity index (χ1v) is 8.18. The normalized spacial score (nSPS) is 20.4. The van der Waals surface area contributed by atoms with Gasteiger partial charge in [-0.1, -0.05) is 26.3 Å². The Bertz CT molecular complexity index is 388. The molecule has 0 bridgehead atoms. The Labute approximate surface area is 123 Å². The van der Waals surface area contributed by atoms with Crippen molar-refractivity contribution in [3.05, 3.63) is 23.9 Å². The molecular weight excluding hydrogens is 246 g/mol. The molecule has 2 atom stereocenters. The predicted molar refractivity (Wildman–Crippen MR) is 86.2 cm³/mol. The minimum absolute atomic E-state index is 0.392. The molecule has 0 aliphatic carbocycles. The fourth-order valence-corrected chi connectivity index (χ4v) is 3.00. The lowest BCUT2D eigenvalue weighted by Gasteiger charge is -2.19. The smallest absolute Gasteiger partial charge is 0.128 e. The molecule has 0 spiro atoms. The molecule has 1 aliphatic rings. The average molecular weight is 275 g/mol. The van der Waals surface area contributed by atoms with Gasteiger partial charge in [-0.05, 0) is 50.3 Å². The Kier molecular flexibility index (Phi) is 5.84. The number of nitrogens with zero attached hydrogens (tertiary/aromatic N) is 2. The van der Waals surface area contributed by atoms with Crippen molar-refractivity contribution in [3.8, 4) is 0 Å². The number of nitrogens with one attached hydrogen (secondary N) is 1. The van der Waals surface area contributed by atoms with E-state index in [-0.39, 0.29) is 0 Å². The second kappa shape index (κ2) is 7.63. The van der Waals surface area contributed by atoms with Gasteiger partial charge in [-0.3, -0.25) is 0 Å². The number of hydrogen-bond acceptors (Lipinski definition) is 3. The molecule has 1 aromatic heterocycles. The van der Waals surface area contributed by atoms with Crippen molar-refractivity contribution in [2.24, 2.45) is 5.92 Å². The van der Waals surface area contributed by atoms with Crippen LogP contribution >= 0.6 is 0 Å². The maximum atomic E-state index is 4.67. The van der Waals surface area contributed by atoms with E-state index in [1.165, 1.54) is 44.3 Å². The van der Waals surface area contributed by atoms with E-state index in [1.54, 1.807) is 0 Å². The molecule has 3 heteroatoms. The highest BCUT2D eigenvalue weighted by molar-refractivity contribution is 5.41. The Hall–Kier alpha value is -1.09. The van der Waals surface area contributed by atoms with Gasteiger partial charge in [-0.15, -0.1) is 0 Å². The third kappa shape index (κ3) is 3.95. The number of pyridine rings is 1. The molecule has 0 aromatic carbocycles. The highest BCUT2D eigenvalue weighted by Gasteiger charge is 2.22. The summed E-state index contributed by atoms with van der Waals surface area (Å²) >= 11 is 0. The van der Waals surface area contributed by atoms with Crippen molar-refractivity contribution in [1.82, 2.24) is 10.3 Å². The first kappa shape index (κ1) is 15.3. The fraction of sp³-hybridized carbons (Fsp3) is 0.706. The van der Waals surface area contributed by atoms with E-state index < -0.39 is 0 Å². The minimum Gasteiger partial charge on any atom is -0.356 e. The number of anilines is 1. The summed E-state index contributed by atoms with van der Waals surface area (Å²) in [6, 6.07) is 4.80. The van der Waals surface area contributed by atoms with Gasteiger partial charge in [-0.25, -0.2) is 4.98 Å². The highest BCUT2D eigenvalue weighted by Crippen LogP contribution is 2.25. The monoisotopic (exact) mass is 275 g/mol. The van der Waals surface area contributed by atoms with Crippen LogP contribution in [0.2, 0.25) is 0 Å². The number of hydrogen-bond donors (Lipinski definition) is 1. The van der Waals surface area contributed by atoms with Gasteiger partial charge < -0.3 is 10.2 Å². The second-order valence-corrected chi connectivity index (χ2v) is 6.01. The summed E-state index contributed by atoms with van der Waals surface area (Å²) in [5.41, 5.74) is 1.28. The Morgan fingerprint density at radius 2 is 2.20 bits per heavy atom. The van der Waals surface area contributed by atoms with Crippen LogP contribution in [0, 0.1) is 5.92 Å². The number of rotatable bonds is 7. The fourth-order valence-electron chi connectivity index (χ4n) is 3.00. The zero-order valence-corrected chi connectivity index (χ0v) is 13.2. The summed E-state index contributed by atoms with van der Waals surface area (Å²) in [6.45, 7) is 10.1. The van der Waals surface area contributed by atoms with Gasteiger partial charge >= 0.3 is 0 Å². The lowest BCUT2D eigenvalue weighted by atomic mass is 10.0. The predicted octanol–water partition coefficient (Wildman–Crippen LogP) is 3.77. The Morgan fingerprint density at radius 1 is 1.35 bits per heavy atom. The summed E-state index contributed by atoms with van der Waals surface area (Å²) in [7, 11) is 0. The summed E-state index contributed by atoms with van der Waals surface area (Å²) in [5.74, 6) is 2.02. The molecule has 1 fully saturated rings. The van der Waals surface area contributed by atoms with Gasteiger partial charge in [0, 0.05) is 25.3 Å². The van der Waals surface area contributed by atoms with E-state index >= 15 is 0 Å². The van der Waals surface area contributed by atoms with Crippen molar-refractivity contribution in [1.29, 1.82) is 0 Å². The van der Waals surface area contributed by atoms with Crippen molar-refractivity contribution in [3.63, 3.8) is 0 Å². The first-order valence-electron chi connectivity index (χ1n) is 8.18. The van der Waals surface area contributed by atoms with E-state index in [0.29, 0.717) is 6.04 Å². The third-order valence-electron chi connectivity index (χ3n) is 4.28. The van der Waals surface area contributed by atoms with Gasteiger partial charge in [-0.2, -0.15) is 0 Å². The SMILES string of the molecule is CCCNC(C)c1ccc(N2CCC(CCC)C2)nc1. The highest BCUT2D eigenvalue weighted by atomic mass is 15.2. The van der Waals surface area contributed by atoms with E-state index in [1.807, 2.05) is 6.20 Å². The maximum Gasteiger partial charge on any atom is 0.128 e. The molecule has 2 unspecified atom stereocenters. The average Bonchev–Trinajstić information content (AvgIpc) is 2.94. The molecule has 0 amide bonds. The maximum absolute atomic E-state index is 4.67. The van der Waals surface area contributed by atoms with Gasteiger partial charge in [0.05, 0.1) is 0 Å². The molecule has 1 aromatic rings. The van der Waals surface area contributed by atoms with E-state index in [2.05, 4.69) is 48.1 Å². The molecule has 1 aliphatic heterocycles. The first-order chi connectivity index (χ1) is 9.74. The van der Waals surface area contributed by atoms with E-state index in [0.717, 1.165) is 18.3 Å². The quantitative estimate of drug-likeness (QED) is 0.821. The Balaban J connectivity index is 1.91. The molecular formula is C17H29N3. The zero-order chi connectivity index (χ0) is 14.4. The zero-order valence-electron chi connectivity index (χ0n) is 13.2. The van der Waals surface area contributed by atoms with Crippen LogP contribution in [0.5, 0.6) is 0 Å². The van der Waals surface area contributed by atoms with Gasteiger partial charge in [0.1, 0.15) is 5.82 Å². The molecule has 20 heavy (non-hydrogen) atoms. The van der Waals surface area contributed by atoms with Gasteiger partial charge in [0.2, 0.25) is 0 Å². The van der Waals surface area contributed by atoms with Crippen LogP contribution in [0.3, 0.4) is 0 Å². The molecule has 0 saturated carbocycles. The van der Waals surface area contributed by atoms with E-state index in [4.69, 9.17) is 0 Å². The summed E-state index contributed by atoms with van der Waals surface area (Å²) in [6.07, 6.45) is 7.18. The summed E-state index contributed by atoms with van der Waals surface area (Å²) < 4.78 is 0. The minimum atomic E-state index is 0.392. The van der Waals surface area contributed by atoms with Crippen LogP contribution in [-0.4, -0.2) is 24.6 Å². The van der Waals surface area contributed by atoms with Crippen LogP contribution in [0.1, 0.15) is 58.1 Å². The lowest BCUT2D eigenvalue weighted by molar-refractivity contribution is 0.529. The molecule has 0 radical (unpaired) electrons. The summed E-state index contributed by atoms with van der Waals surface area (Å²) in [5, 5.41) is 3.51. The molecule has 2 rings (SSSR count). The van der Waals surface area contributed by atoms with Crippen molar-refractivity contribution < 1.29 is 0 Å². The molecule has 112 valence electrons. The van der Waals surface area contributed by atoms with E-state index in [9.17, 15) is 0 Å². The third-order valence-corrected chi connectivity index (χ3v) is 4.28. The largest absolute Gasteiger partial charge is 0.356 e. The van der Waals surface area contributed by atoms with Crippen molar-refractivity contribution in [2.45, 2.75) is 52.5 Å². The van der Waals surface area contributed by atoms with Gasteiger partial charge in [0.25, 0.3) is 0 Å². The van der Waals surface area contributed by atoms with Crippen LogP contribution in [-0.2, 0) is 0 Å². The van der Waals surface area contributed by atoms with Crippen molar-refractivity contribution in [2.75, 3.05) is 24.5 Å².